The molecule has 0 bridgehead atoms. The van der Waals surface area contributed by atoms with Crippen molar-refractivity contribution in [2.75, 3.05) is 19.6 Å². The molecule has 1 N–H and O–H groups in total. The van der Waals surface area contributed by atoms with Gasteiger partial charge in [-0.2, -0.15) is 0 Å². The second-order valence-corrected chi connectivity index (χ2v) is 4.90. The third-order valence-electron chi connectivity index (χ3n) is 3.56. The van der Waals surface area contributed by atoms with Gasteiger partial charge < -0.3 is 5.32 Å². The summed E-state index contributed by atoms with van der Waals surface area (Å²) in [5.74, 6) is 0. The molecule has 96 valence electrons. The highest BCUT2D eigenvalue weighted by molar-refractivity contribution is 5.85. The summed E-state index contributed by atoms with van der Waals surface area (Å²) < 4.78 is 0. The Bertz CT molecular complexity index is 339. The molecule has 1 saturated carbocycles. The lowest BCUT2D eigenvalue weighted by atomic mass is 10.1. The molecule has 0 radical (unpaired) electrons. The molecule has 1 aromatic carbocycles. The van der Waals surface area contributed by atoms with E-state index >= 15 is 0 Å². The molecule has 17 heavy (non-hydrogen) atoms. The van der Waals surface area contributed by atoms with Crippen molar-refractivity contribution in [3.8, 4) is 0 Å². The SMILES string of the molecule is Cl.Cl.c1ccc(CN2CCNC3(CC3)C2)cc1. The molecular weight excluding hydrogens is 255 g/mol. The van der Waals surface area contributed by atoms with Gasteiger partial charge in [0.1, 0.15) is 0 Å². The van der Waals surface area contributed by atoms with Gasteiger partial charge in [-0.3, -0.25) is 4.90 Å². The van der Waals surface area contributed by atoms with Crippen LogP contribution in [0.4, 0.5) is 0 Å². The monoisotopic (exact) mass is 274 g/mol. The number of nitrogens with zero attached hydrogens (tertiary/aromatic N) is 1. The molecule has 1 heterocycles. The molecule has 0 aromatic heterocycles. The Hall–Kier alpha value is -0.280. The molecule has 0 atom stereocenters. The van der Waals surface area contributed by atoms with Crippen LogP contribution < -0.4 is 5.32 Å². The van der Waals surface area contributed by atoms with Crippen LogP contribution in [0, 0.1) is 0 Å². The summed E-state index contributed by atoms with van der Waals surface area (Å²) in [7, 11) is 0. The zero-order valence-corrected chi connectivity index (χ0v) is 11.5. The van der Waals surface area contributed by atoms with Crippen LogP contribution in [0.5, 0.6) is 0 Å². The van der Waals surface area contributed by atoms with Gasteiger partial charge in [-0.15, -0.1) is 24.8 Å². The predicted octanol–water partition coefficient (Wildman–Crippen LogP) is 2.47. The van der Waals surface area contributed by atoms with E-state index in [4.69, 9.17) is 0 Å². The van der Waals surface area contributed by atoms with Crippen molar-refractivity contribution < 1.29 is 0 Å². The largest absolute Gasteiger partial charge is 0.309 e. The fourth-order valence-corrected chi connectivity index (χ4v) is 2.50. The van der Waals surface area contributed by atoms with Gasteiger partial charge in [0.05, 0.1) is 0 Å². The maximum absolute atomic E-state index is 3.64. The summed E-state index contributed by atoms with van der Waals surface area (Å²) in [6, 6.07) is 10.8. The first-order chi connectivity index (χ1) is 7.36. The summed E-state index contributed by atoms with van der Waals surface area (Å²) in [4.78, 5) is 2.58. The van der Waals surface area contributed by atoms with Gasteiger partial charge in [-0.25, -0.2) is 0 Å². The molecule has 1 aliphatic carbocycles. The molecule has 0 amide bonds. The summed E-state index contributed by atoms with van der Waals surface area (Å²) in [5, 5.41) is 3.64. The van der Waals surface area contributed by atoms with E-state index in [0.717, 1.165) is 13.1 Å². The molecule has 3 rings (SSSR count). The van der Waals surface area contributed by atoms with E-state index in [2.05, 4.69) is 40.5 Å². The van der Waals surface area contributed by atoms with Crippen molar-refractivity contribution in [3.05, 3.63) is 35.9 Å². The summed E-state index contributed by atoms with van der Waals surface area (Å²) in [6.07, 6.45) is 2.75. The highest BCUT2D eigenvalue weighted by atomic mass is 35.5. The highest BCUT2D eigenvalue weighted by Gasteiger charge is 2.45. The Kier molecular flexibility index (Phi) is 5.26. The fourth-order valence-electron chi connectivity index (χ4n) is 2.50. The van der Waals surface area contributed by atoms with Gasteiger partial charge in [0.15, 0.2) is 0 Å². The molecule has 1 spiro atoms. The number of hydrogen-bond donors (Lipinski definition) is 1. The molecular formula is C13H20Cl2N2. The highest BCUT2D eigenvalue weighted by Crippen LogP contribution is 2.37. The van der Waals surface area contributed by atoms with Gasteiger partial charge in [0.25, 0.3) is 0 Å². The topological polar surface area (TPSA) is 15.3 Å². The van der Waals surface area contributed by atoms with Gasteiger partial charge in [-0.05, 0) is 18.4 Å². The fraction of sp³-hybridized carbons (Fsp3) is 0.538. The summed E-state index contributed by atoms with van der Waals surface area (Å²) in [6.45, 7) is 4.70. The molecule has 2 nitrogen and oxygen atoms in total. The minimum Gasteiger partial charge on any atom is -0.309 e. The van der Waals surface area contributed by atoms with Crippen molar-refractivity contribution >= 4 is 24.8 Å². The van der Waals surface area contributed by atoms with Crippen LogP contribution in [0.25, 0.3) is 0 Å². The molecule has 2 fully saturated rings. The number of benzene rings is 1. The van der Waals surface area contributed by atoms with E-state index in [9.17, 15) is 0 Å². The lowest BCUT2D eigenvalue weighted by Crippen LogP contribution is -2.51. The zero-order chi connectivity index (χ0) is 10.1. The normalized spacial score (nSPS) is 21.4. The van der Waals surface area contributed by atoms with Gasteiger partial charge in [-0.1, -0.05) is 30.3 Å². The average molecular weight is 275 g/mol. The second-order valence-electron chi connectivity index (χ2n) is 4.90. The van der Waals surface area contributed by atoms with Crippen LogP contribution in [-0.2, 0) is 6.54 Å². The molecule has 4 heteroatoms. The first-order valence-corrected chi connectivity index (χ1v) is 5.88. The van der Waals surface area contributed by atoms with E-state index in [1.54, 1.807) is 0 Å². The van der Waals surface area contributed by atoms with Gasteiger partial charge in [0.2, 0.25) is 0 Å². The van der Waals surface area contributed by atoms with Crippen molar-refractivity contribution in [2.24, 2.45) is 0 Å². The lowest BCUT2D eigenvalue weighted by Gasteiger charge is -2.34. The smallest absolute Gasteiger partial charge is 0.0310 e. The molecule has 1 aliphatic heterocycles. The number of hydrogen-bond acceptors (Lipinski definition) is 2. The van der Waals surface area contributed by atoms with E-state index < -0.39 is 0 Å². The summed E-state index contributed by atoms with van der Waals surface area (Å²) in [5.41, 5.74) is 1.95. The third-order valence-corrected chi connectivity index (χ3v) is 3.56. The number of nitrogens with one attached hydrogen (secondary N) is 1. The van der Waals surface area contributed by atoms with Crippen LogP contribution >= 0.6 is 24.8 Å². The number of halogens is 2. The first kappa shape index (κ1) is 14.8. The Balaban J connectivity index is 0.000000722. The maximum atomic E-state index is 3.64. The van der Waals surface area contributed by atoms with Crippen LogP contribution in [0.15, 0.2) is 30.3 Å². The third kappa shape index (κ3) is 3.59. The average Bonchev–Trinajstić information content (AvgIpc) is 2.99. The van der Waals surface area contributed by atoms with Crippen LogP contribution in [0.1, 0.15) is 18.4 Å². The minimum absolute atomic E-state index is 0. The molecule has 1 aromatic rings. The summed E-state index contributed by atoms with van der Waals surface area (Å²) >= 11 is 0. The maximum Gasteiger partial charge on any atom is 0.0310 e. The number of piperazine rings is 1. The van der Waals surface area contributed by atoms with Crippen molar-refractivity contribution in [2.45, 2.75) is 24.9 Å². The first-order valence-electron chi connectivity index (χ1n) is 5.88. The van der Waals surface area contributed by atoms with Crippen molar-refractivity contribution in [3.63, 3.8) is 0 Å². The Morgan fingerprint density at radius 2 is 1.82 bits per heavy atom. The van der Waals surface area contributed by atoms with E-state index in [1.807, 2.05) is 0 Å². The molecule has 1 saturated heterocycles. The van der Waals surface area contributed by atoms with E-state index in [1.165, 1.54) is 31.5 Å². The zero-order valence-electron chi connectivity index (χ0n) is 9.89. The van der Waals surface area contributed by atoms with E-state index in [-0.39, 0.29) is 24.8 Å². The van der Waals surface area contributed by atoms with Crippen LogP contribution in [-0.4, -0.2) is 30.1 Å². The minimum atomic E-state index is 0. The molecule has 2 aliphatic rings. The van der Waals surface area contributed by atoms with Gasteiger partial charge >= 0.3 is 0 Å². The van der Waals surface area contributed by atoms with Gasteiger partial charge in [0, 0.05) is 31.7 Å². The standard InChI is InChI=1S/C13H18N2.2ClH/c1-2-4-12(5-3-1)10-15-9-8-14-13(11-15)6-7-13;;/h1-5,14H,6-11H2;2*1H. The van der Waals surface area contributed by atoms with Crippen molar-refractivity contribution in [1.82, 2.24) is 10.2 Å². The Morgan fingerprint density at radius 3 is 2.47 bits per heavy atom. The van der Waals surface area contributed by atoms with Crippen LogP contribution in [0.2, 0.25) is 0 Å². The Labute approximate surface area is 116 Å². The Morgan fingerprint density at radius 1 is 1.12 bits per heavy atom. The predicted molar refractivity (Wildman–Crippen MR) is 76.2 cm³/mol. The second kappa shape index (κ2) is 6.05. The lowest BCUT2D eigenvalue weighted by molar-refractivity contribution is 0.182. The number of rotatable bonds is 2. The molecule has 0 unspecified atom stereocenters. The van der Waals surface area contributed by atoms with Crippen molar-refractivity contribution in [1.29, 1.82) is 0 Å². The van der Waals surface area contributed by atoms with Crippen LogP contribution in [0.3, 0.4) is 0 Å². The van der Waals surface area contributed by atoms with E-state index in [0.29, 0.717) is 5.54 Å². The quantitative estimate of drug-likeness (QED) is 0.892.